The number of hydrogen-bond acceptors (Lipinski definition) is 9. The number of hydrogen-bond donors (Lipinski definition) is 0. The van der Waals surface area contributed by atoms with E-state index in [1.165, 1.54) is 0 Å². The Labute approximate surface area is 203 Å². The Morgan fingerprint density at radius 2 is 1.69 bits per heavy atom. The van der Waals surface area contributed by atoms with Crippen LogP contribution in [-0.2, 0) is 16.1 Å². The maximum Gasteiger partial charge on any atom is 0.213 e. The van der Waals surface area contributed by atoms with Gasteiger partial charge in [0.1, 0.15) is 18.1 Å². The van der Waals surface area contributed by atoms with Gasteiger partial charge in [-0.05, 0) is 36.4 Å². The molecule has 3 aromatic heterocycles. The molecule has 0 aliphatic rings. The topological polar surface area (TPSA) is 103 Å². The Hall–Kier alpha value is -4.02. The van der Waals surface area contributed by atoms with Gasteiger partial charge in [0.2, 0.25) is 5.88 Å². The summed E-state index contributed by atoms with van der Waals surface area (Å²) >= 11 is 0. The van der Waals surface area contributed by atoms with E-state index < -0.39 is 0 Å². The molecule has 0 aliphatic carbocycles. The minimum Gasteiger partial charge on any atom is -0.497 e. The lowest BCUT2D eigenvalue weighted by Gasteiger charge is -2.12. The van der Waals surface area contributed by atoms with Crippen molar-refractivity contribution < 1.29 is 23.7 Å². The average Bonchev–Trinajstić information content (AvgIpc) is 3.34. The van der Waals surface area contributed by atoms with Crippen LogP contribution in [0.3, 0.4) is 0 Å². The van der Waals surface area contributed by atoms with Crippen LogP contribution in [-0.4, -0.2) is 66.4 Å². The lowest BCUT2D eigenvalue weighted by molar-refractivity contribution is 0.0580. The van der Waals surface area contributed by atoms with Crippen molar-refractivity contribution in [2.24, 2.45) is 0 Å². The van der Waals surface area contributed by atoms with Gasteiger partial charge in [-0.25, -0.2) is 4.98 Å². The predicted molar refractivity (Wildman–Crippen MR) is 129 cm³/mol. The molecule has 10 heteroatoms. The summed E-state index contributed by atoms with van der Waals surface area (Å²) in [6.45, 7) is 1.19. The van der Waals surface area contributed by atoms with Gasteiger partial charge in [-0.1, -0.05) is 0 Å². The first kappa shape index (κ1) is 24.1. The second-order valence-corrected chi connectivity index (χ2v) is 7.38. The maximum atomic E-state index is 5.71. The van der Waals surface area contributed by atoms with Gasteiger partial charge in [-0.3, -0.25) is 9.55 Å². The molecule has 0 saturated heterocycles. The summed E-state index contributed by atoms with van der Waals surface area (Å²) in [5, 5.41) is 8.79. The maximum absolute atomic E-state index is 5.71. The van der Waals surface area contributed by atoms with Crippen molar-refractivity contribution in [1.29, 1.82) is 0 Å². The minimum absolute atomic E-state index is 0.259. The first-order chi connectivity index (χ1) is 17.2. The Balaban J connectivity index is 1.70. The van der Waals surface area contributed by atoms with Crippen LogP contribution in [0.15, 0.2) is 54.9 Å². The van der Waals surface area contributed by atoms with Crippen molar-refractivity contribution in [2.75, 3.05) is 41.7 Å². The first-order valence-electron chi connectivity index (χ1n) is 10.9. The predicted octanol–water partition coefficient (Wildman–Crippen LogP) is 3.58. The molecule has 4 rings (SSSR count). The number of pyridine rings is 2. The molecule has 0 unspecified atom stereocenters. The van der Waals surface area contributed by atoms with Gasteiger partial charge >= 0.3 is 0 Å². The molecule has 0 bridgehead atoms. The third-order valence-electron chi connectivity index (χ3n) is 5.29. The monoisotopic (exact) mass is 477 g/mol. The lowest BCUT2D eigenvalue weighted by atomic mass is 10.1. The molecule has 182 valence electrons. The Morgan fingerprint density at radius 1 is 0.800 bits per heavy atom. The fraction of sp³-hybridized carbons (Fsp3) is 0.280. The number of aromatic nitrogens is 5. The summed E-state index contributed by atoms with van der Waals surface area (Å²) in [5.41, 5.74) is 3.12. The summed E-state index contributed by atoms with van der Waals surface area (Å²) in [6, 6.07) is 13.1. The van der Waals surface area contributed by atoms with Crippen molar-refractivity contribution in [2.45, 2.75) is 6.61 Å². The van der Waals surface area contributed by atoms with Gasteiger partial charge in [0.15, 0.2) is 11.6 Å². The van der Waals surface area contributed by atoms with E-state index in [9.17, 15) is 0 Å². The molecular weight excluding hydrogens is 450 g/mol. The highest BCUT2D eigenvalue weighted by Crippen LogP contribution is 2.33. The molecule has 1 aromatic carbocycles. The van der Waals surface area contributed by atoms with Gasteiger partial charge in [-0.15, -0.1) is 10.2 Å². The fourth-order valence-electron chi connectivity index (χ4n) is 3.50. The molecule has 0 saturated carbocycles. The number of benzene rings is 1. The zero-order valence-corrected chi connectivity index (χ0v) is 20.1. The highest BCUT2D eigenvalue weighted by molar-refractivity contribution is 5.71. The van der Waals surface area contributed by atoms with Crippen LogP contribution in [0, 0.1) is 0 Å². The molecule has 0 fully saturated rings. The second-order valence-electron chi connectivity index (χ2n) is 7.38. The molecule has 0 atom stereocenters. The number of rotatable bonds is 11. The number of ether oxygens (including phenoxy) is 5. The van der Waals surface area contributed by atoms with E-state index in [1.807, 2.05) is 41.0 Å². The Kier molecular flexibility index (Phi) is 7.86. The summed E-state index contributed by atoms with van der Waals surface area (Å²) in [7, 11) is 6.46. The van der Waals surface area contributed by atoms with Gasteiger partial charge in [0.05, 0.1) is 52.1 Å². The largest absolute Gasteiger partial charge is 0.497 e. The van der Waals surface area contributed by atoms with Crippen molar-refractivity contribution in [3.05, 3.63) is 60.7 Å². The van der Waals surface area contributed by atoms with E-state index in [1.54, 1.807) is 46.9 Å². The van der Waals surface area contributed by atoms with Crippen molar-refractivity contribution in [1.82, 2.24) is 24.7 Å². The lowest BCUT2D eigenvalue weighted by Crippen LogP contribution is -2.08. The molecule has 35 heavy (non-hydrogen) atoms. The molecule has 0 spiro atoms. The van der Waals surface area contributed by atoms with Crippen LogP contribution in [0.4, 0.5) is 0 Å². The number of methoxy groups -OCH3 is 4. The molecule has 3 heterocycles. The molecule has 0 N–H and O–H groups in total. The summed E-state index contributed by atoms with van der Waals surface area (Å²) in [6.07, 6.45) is 3.45. The van der Waals surface area contributed by atoms with Crippen molar-refractivity contribution in [3.8, 4) is 45.7 Å². The van der Waals surface area contributed by atoms with Gasteiger partial charge in [-0.2, -0.15) is 0 Å². The smallest absolute Gasteiger partial charge is 0.213 e. The quantitative estimate of drug-likeness (QED) is 0.300. The number of nitrogens with zero attached hydrogens (tertiary/aromatic N) is 5. The summed E-state index contributed by atoms with van der Waals surface area (Å²) in [5.74, 6) is 3.17. The third-order valence-corrected chi connectivity index (χ3v) is 5.29. The first-order valence-corrected chi connectivity index (χ1v) is 10.9. The van der Waals surface area contributed by atoms with Crippen LogP contribution in [0.5, 0.6) is 17.4 Å². The SMILES string of the molecule is COCCOCc1nnc(-c2ccc(-c3cc(OC)ccc3OC)nc2)n1-c1ccc(OC)nc1. The Morgan fingerprint density at radius 3 is 2.34 bits per heavy atom. The Bertz CT molecular complexity index is 1240. The van der Waals surface area contributed by atoms with Crippen molar-refractivity contribution in [3.63, 3.8) is 0 Å². The van der Waals surface area contributed by atoms with E-state index in [2.05, 4.69) is 20.2 Å². The second kappa shape index (κ2) is 11.4. The van der Waals surface area contributed by atoms with Crippen LogP contribution >= 0.6 is 0 Å². The average molecular weight is 478 g/mol. The van der Waals surface area contributed by atoms with Crippen LogP contribution in [0.2, 0.25) is 0 Å². The van der Waals surface area contributed by atoms with Gasteiger partial charge in [0, 0.05) is 30.5 Å². The molecular formula is C25H27N5O5. The van der Waals surface area contributed by atoms with Gasteiger partial charge < -0.3 is 23.7 Å². The fourth-order valence-corrected chi connectivity index (χ4v) is 3.50. The highest BCUT2D eigenvalue weighted by Gasteiger charge is 2.18. The summed E-state index contributed by atoms with van der Waals surface area (Å²) in [4.78, 5) is 8.99. The summed E-state index contributed by atoms with van der Waals surface area (Å²) < 4.78 is 28.7. The van der Waals surface area contributed by atoms with Crippen molar-refractivity contribution >= 4 is 0 Å². The molecule has 0 radical (unpaired) electrons. The molecule has 0 amide bonds. The molecule has 4 aromatic rings. The zero-order valence-electron chi connectivity index (χ0n) is 20.1. The zero-order chi connectivity index (χ0) is 24.6. The van der Waals surface area contributed by atoms with Crippen LogP contribution < -0.4 is 14.2 Å². The third kappa shape index (κ3) is 5.39. The van der Waals surface area contributed by atoms with E-state index in [-0.39, 0.29) is 6.61 Å². The molecule has 10 nitrogen and oxygen atoms in total. The van der Waals surface area contributed by atoms with E-state index >= 15 is 0 Å². The molecule has 0 aliphatic heterocycles. The van der Waals surface area contributed by atoms with Crippen LogP contribution in [0.25, 0.3) is 28.3 Å². The minimum atomic E-state index is 0.259. The normalized spacial score (nSPS) is 10.9. The van der Waals surface area contributed by atoms with Gasteiger partial charge in [0.25, 0.3) is 0 Å². The van der Waals surface area contributed by atoms with E-state index in [0.29, 0.717) is 36.5 Å². The standard InChI is InChI=1S/C25H27N5O5/c1-31-11-12-35-16-23-28-29-25(30(23)18-6-10-24(34-4)27-15-18)17-5-8-21(26-14-17)20-13-19(32-2)7-9-22(20)33-3/h5-10,13-15H,11-12,16H2,1-4H3. The highest BCUT2D eigenvalue weighted by atomic mass is 16.5. The van der Waals surface area contributed by atoms with E-state index in [0.717, 1.165) is 28.3 Å². The van der Waals surface area contributed by atoms with Crippen LogP contribution in [0.1, 0.15) is 5.82 Å². The van der Waals surface area contributed by atoms with E-state index in [4.69, 9.17) is 23.7 Å².